The van der Waals surface area contributed by atoms with Gasteiger partial charge in [0, 0.05) is 22.7 Å². The SMILES string of the molecule is CC1(C)CC(=O)c2cc(-c3ccc(Cl)cc3)n(-c3ccccc3F)c2C1. The van der Waals surface area contributed by atoms with Crippen LogP contribution in [-0.4, -0.2) is 10.4 Å². The van der Waals surface area contributed by atoms with E-state index in [4.69, 9.17) is 11.6 Å². The van der Waals surface area contributed by atoms with Gasteiger partial charge in [0.05, 0.1) is 11.4 Å². The number of hydrogen-bond acceptors (Lipinski definition) is 1. The number of carbonyl (C=O) groups is 1. The number of hydrogen-bond donors (Lipinski definition) is 0. The van der Waals surface area contributed by atoms with Crippen molar-refractivity contribution in [2.75, 3.05) is 0 Å². The first-order valence-electron chi connectivity index (χ1n) is 8.64. The van der Waals surface area contributed by atoms with Crippen molar-refractivity contribution in [1.29, 1.82) is 0 Å². The molecule has 2 aromatic carbocycles. The van der Waals surface area contributed by atoms with Gasteiger partial charge in [-0.2, -0.15) is 0 Å². The molecule has 0 radical (unpaired) electrons. The number of rotatable bonds is 2. The number of carbonyl (C=O) groups excluding carboxylic acids is 1. The largest absolute Gasteiger partial charge is 0.310 e. The van der Waals surface area contributed by atoms with Crippen LogP contribution < -0.4 is 0 Å². The van der Waals surface area contributed by atoms with Crippen LogP contribution in [0.1, 0.15) is 36.3 Å². The zero-order valence-corrected chi connectivity index (χ0v) is 15.5. The zero-order chi connectivity index (χ0) is 18.5. The molecule has 2 nitrogen and oxygen atoms in total. The maximum Gasteiger partial charge on any atom is 0.165 e. The molecule has 0 fully saturated rings. The molecule has 26 heavy (non-hydrogen) atoms. The average molecular weight is 368 g/mol. The Kier molecular flexibility index (Phi) is 4.00. The topological polar surface area (TPSA) is 22.0 Å². The van der Waals surface area contributed by atoms with Crippen LogP contribution in [0.4, 0.5) is 4.39 Å². The summed E-state index contributed by atoms with van der Waals surface area (Å²) in [5, 5.41) is 0.639. The Morgan fingerprint density at radius 3 is 2.42 bits per heavy atom. The maximum atomic E-state index is 14.6. The summed E-state index contributed by atoms with van der Waals surface area (Å²) in [6.07, 6.45) is 1.22. The van der Waals surface area contributed by atoms with Crippen molar-refractivity contribution in [2.24, 2.45) is 5.41 Å². The predicted octanol–water partition coefficient (Wildman–Crippen LogP) is 6.09. The van der Waals surface area contributed by atoms with Crippen molar-refractivity contribution in [3.05, 3.63) is 76.7 Å². The number of nitrogens with zero attached hydrogens (tertiary/aromatic N) is 1. The first-order valence-corrected chi connectivity index (χ1v) is 9.02. The molecule has 0 bridgehead atoms. The summed E-state index contributed by atoms with van der Waals surface area (Å²) < 4.78 is 16.5. The second-order valence-corrected chi connectivity index (χ2v) is 8.06. The van der Waals surface area contributed by atoms with Crippen LogP contribution in [0.5, 0.6) is 0 Å². The monoisotopic (exact) mass is 367 g/mol. The molecule has 0 amide bonds. The summed E-state index contributed by atoms with van der Waals surface area (Å²) in [7, 11) is 0. The van der Waals surface area contributed by atoms with E-state index in [0.29, 0.717) is 22.7 Å². The minimum Gasteiger partial charge on any atom is -0.310 e. The number of Topliss-reactive ketones (excluding diaryl/α,β-unsaturated/α-hetero) is 1. The van der Waals surface area contributed by atoms with Gasteiger partial charge < -0.3 is 4.57 Å². The number of ketones is 1. The molecule has 0 aliphatic heterocycles. The van der Waals surface area contributed by atoms with E-state index >= 15 is 0 Å². The zero-order valence-electron chi connectivity index (χ0n) is 14.7. The number of halogens is 2. The summed E-state index contributed by atoms with van der Waals surface area (Å²) in [5.74, 6) is -0.196. The Balaban J connectivity index is 2.02. The van der Waals surface area contributed by atoms with E-state index in [1.165, 1.54) is 6.07 Å². The molecule has 0 N–H and O–H groups in total. The summed E-state index contributed by atoms with van der Waals surface area (Å²) in [6.45, 7) is 4.16. The lowest BCUT2D eigenvalue weighted by atomic mass is 9.76. The normalized spacial score (nSPS) is 15.8. The van der Waals surface area contributed by atoms with E-state index in [1.54, 1.807) is 24.3 Å². The molecule has 1 aliphatic carbocycles. The predicted molar refractivity (Wildman–Crippen MR) is 103 cm³/mol. The van der Waals surface area contributed by atoms with E-state index < -0.39 is 0 Å². The van der Waals surface area contributed by atoms with Crippen LogP contribution >= 0.6 is 11.6 Å². The van der Waals surface area contributed by atoms with Gasteiger partial charge in [-0.15, -0.1) is 0 Å². The molecule has 4 rings (SSSR count). The van der Waals surface area contributed by atoms with E-state index in [-0.39, 0.29) is 17.0 Å². The highest BCUT2D eigenvalue weighted by Gasteiger charge is 2.35. The number of para-hydroxylation sites is 1. The Labute approximate surface area is 157 Å². The summed E-state index contributed by atoms with van der Waals surface area (Å²) in [5.41, 5.74) is 3.59. The molecular weight excluding hydrogens is 349 g/mol. The van der Waals surface area contributed by atoms with Crippen LogP contribution in [0.3, 0.4) is 0 Å². The number of fused-ring (bicyclic) bond motifs is 1. The highest BCUT2D eigenvalue weighted by molar-refractivity contribution is 6.30. The molecule has 0 unspecified atom stereocenters. The quantitative estimate of drug-likeness (QED) is 0.537. The molecule has 0 spiro atoms. The van der Waals surface area contributed by atoms with Gasteiger partial charge in [0.15, 0.2) is 5.78 Å². The Morgan fingerprint density at radius 1 is 1.04 bits per heavy atom. The van der Waals surface area contributed by atoms with Crippen molar-refractivity contribution < 1.29 is 9.18 Å². The minimum atomic E-state index is -0.308. The van der Waals surface area contributed by atoms with Crippen LogP contribution in [0.25, 0.3) is 16.9 Å². The Hall–Kier alpha value is -2.39. The van der Waals surface area contributed by atoms with Gasteiger partial charge in [-0.25, -0.2) is 4.39 Å². The lowest BCUT2D eigenvalue weighted by Crippen LogP contribution is -2.28. The smallest absolute Gasteiger partial charge is 0.165 e. The first kappa shape index (κ1) is 17.0. The van der Waals surface area contributed by atoms with Crippen LogP contribution in [-0.2, 0) is 6.42 Å². The van der Waals surface area contributed by atoms with Gasteiger partial charge in [0.25, 0.3) is 0 Å². The second kappa shape index (κ2) is 6.10. The molecule has 4 heteroatoms. The van der Waals surface area contributed by atoms with Gasteiger partial charge in [0.2, 0.25) is 0 Å². The third-order valence-corrected chi connectivity index (χ3v) is 5.17. The van der Waals surface area contributed by atoms with Crippen molar-refractivity contribution in [1.82, 2.24) is 4.57 Å². The van der Waals surface area contributed by atoms with Crippen LogP contribution in [0.2, 0.25) is 5.02 Å². The van der Waals surface area contributed by atoms with Gasteiger partial charge >= 0.3 is 0 Å². The highest BCUT2D eigenvalue weighted by Crippen LogP contribution is 2.40. The lowest BCUT2D eigenvalue weighted by molar-refractivity contribution is 0.0911. The van der Waals surface area contributed by atoms with Gasteiger partial charge in [-0.1, -0.05) is 49.7 Å². The fourth-order valence-electron chi connectivity index (χ4n) is 3.75. The molecule has 0 saturated heterocycles. The molecule has 0 atom stereocenters. The van der Waals surface area contributed by atoms with E-state index in [9.17, 15) is 9.18 Å². The minimum absolute atomic E-state index is 0.113. The van der Waals surface area contributed by atoms with Gasteiger partial charge in [-0.3, -0.25) is 4.79 Å². The number of benzene rings is 2. The van der Waals surface area contributed by atoms with Crippen molar-refractivity contribution >= 4 is 17.4 Å². The van der Waals surface area contributed by atoms with Crippen molar-refractivity contribution in [2.45, 2.75) is 26.7 Å². The average Bonchev–Trinajstić information content (AvgIpc) is 2.94. The fraction of sp³-hybridized carbons (Fsp3) is 0.227. The molecule has 0 saturated carbocycles. The molecule has 1 heterocycles. The molecule has 3 aromatic rings. The Bertz CT molecular complexity index is 1000. The van der Waals surface area contributed by atoms with E-state index in [0.717, 1.165) is 23.4 Å². The van der Waals surface area contributed by atoms with Crippen molar-refractivity contribution in [3.63, 3.8) is 0 Å². The molecule has 1 aromatic heterocycles. The summed E-state index contributed by atoms with van der Waals surface area (Å²) in [4.78, 5) is 12.7. The van der Waals surface area contributed by atoms with Gasteiger partial charge in [-0.05, 0) is 47.7 Å². The third kappa shape index (κ3) is 2.86. The number of aromatic nitrogens is 1. The third-order valence-electron chi connectivity index (χ3n) is 4.92. The maximum absolute atomic E-state index is 14.6. The van der Waals surface area contributed by atoms with Crippen LogP contribution in [0, 0.1) is 11.2 Å². The lowest BCUT2D eigenvalue weighted by Gasteiger charge is -2.30. The highest BCUT2D eigenvalue weighted by atomic mass is 35.5. The van der Waals surface area contributed by atoms with Crippen molar-refractivity contribution in [3.8, 4) is 16.9 Å². The summed E-state index contributed by atoms with van der Waals surface area (Å²) >= 11 is 6.02. The van der Waals surface area contributed by atoms with E-state index in [2.05, 4.69) is 13.8 Å². The molecule has 132 valence electrons. The molecule has 1 aliphatic rings. The van der Waals surface area contributed by atoms with Gasteiger partial charge in [0.1, 0.15) is 5.82 Å². The van der Waals surface area contributed by atoms with E-state index in [1.807, 2.05) is 28.8 Å². The fourth-order valence-corrected chi connectivity index (χ4v) is 3.88. The van der Waals surface area contributed by atoms with Crippen LogP contribution in [0.15, 0.2) is 54.6 Å². The summed E-state index contributed by atoms with van der Waals surface area (Å²) in [6, 6.07) is 16.0. The Morgan fingerprint density at radius 2 is 1.73 bits per heavy atom. The second-order valence-electron chi connectivity index (χ2n) is 7.62. The molecular formula is C22H19ClFNO. The first-order chi connectivity index (χ1) is 12.4. The standard InChI is InChI=1S/C22H19ClFNO/c1-22(2)12-20-16(21(26)13-22)11-19(14-7-9-15(23)10-8-14)25(20)18-6-4-3-5-17(18)24/h3-11H,12-13H2,1-2H3.